The van der Waals surface area contributed by atoms with Gasteiger partial charge in [0, 0.05) is 12.6 Å². The average Bonchev–Trinajstić information content (AvgIpc) is 2.14. The van der Waals surface area contributed by atoms with Crippen molar-refractivity contribution in [2.24, 2.45) is 0 Å². The maximum Gasteiger partial charge on any atom is 0.154 e. The lowest BCUT2D eigenvalue weighted by Gasteiger charge is -2.18. The molecule has 0 rings (SSSR count). The summed E-state index contributed by atoms with van der Waals surface area (Å²) in [5.74, 6) is 0.116. The van der Waals surface area contributed by atoms with Crippen LogP contribution >= 0.6 is 0 Å². The van der Waals surface area contributed by atoms with Crippen molar-refractivity contribution in [3.63, 3.8) is 0 Å². The van der Waals surface area contributed by atoms with Crippen molar-refractivity contribution in [2.45, 2.75) is 44.9 Å². The van der Waals surface area contributed by atoms with E-state index >= 15 is 0 Å². The van der Waals surface area contributed by atoms with Gasteiger partial charge in [0.25, 0.3) is 0 Å². The molecule has 0 aliphatic carbocycles. The van der Waals surface area contributed by atoms with Gasteiger partial charge in [-0.25, -0.2) is 8.42 Å². The van der Waals surface area contributed by atoms with E-state index in [1.165, 1.54) is 0 Å². The Labute approximate surface area is 93.0 Å². The molecule has 0 aromatic heterocycles. The summed E-state index contributed by atoms with van der Waals surface area (Å²) in [6.07, 6.45) is 1.45. The molecule has 92 valence electrons. The third kappa shape index (κ3) is 6.12. The minimum absolute atomic E-state index is 0.0228. The van der Waals surface area contributed by atoms with Crippen molar-refractivity contribution >= 4 is 9.84 Å². The fourth-order valence-corrected chi connectivity index (χ4v) is 2.45. The Hall–Kier alpha value is -0.130. The molecule has 0 saturated heterocycles. The Morgan fingerprint density at radius 3 is 2.33 bits per heavy atom. The SMILES string of the molecule is CCCNC(CCO)CS(=O)(=O)C(C)C. The number of sulfone groups is 1. The number of hydrogen-bond donors (Lipinski definition) is 2. The zero-order chi connectivity index (χ0) is 11.9. The van der Waals surface area contributed by atoms with Crippen molar-refractivity contribution in [1.29, 1.82) is 0 Å². The van der Waals surface area contributed by atoms with Gasteiger partial charge in [0.1, 0.15) is 0 Å². The molecule has 0 heterocycles. The van der Waals surface area contributed by atoms with Crippen LogP contribution in [-0.4, -0.2) is 43.7 Å². The molecule has 0 aromatic carbocycles. The fraction of sp³-hybridized carbons (Fsp3) is 1.00. The summed E-state index contributed by atoms with van der Waals surface area (Å²) in [6, 6.07) is -0.123. The normalized spacial score (nSPS) is 14.5. The summed E-state index contributed by atoms with van der Waals surface area (Å²) in [5, 5.41) is 11.6. The lowest BCUT2D eigenvalue weighted by Crippen LogP contribution is -2.38. The van der Waals surface area contributed by atoms with Crippen LogP contribution in [0, 0.1) is 0 Å². The number of aliphatic hydroxyl groups excluding tert-OH is 1. The van der Waals surface area contributed by atoms with Gasteiger partial charge in [0.05, 0.1) is 11.0 Å². The summed E-state index contributed by atoms with van der Waals surface area (Å²) in [4.78, 5) is 0. The minimum atomic E-state index is -3.02. The highest BCUT2D eigenvalue weighted by Gasteiger charge is 2.21. The quantitative estimate of drug-likeness (QED) is 0.647. The first-order valence-electron chi connectivity index (χ1n) is 5.49. The molecule has 5 heteroatoms. The first-order chi connectivity index (χ1) is 6.94. The predicted octanol–water partition coefficient (Wildman–Crippen LogP) is 0.560. The van der Waals surface area contributed by atoms with E-state index in [9.17, 15) is 8.42 Å². The molecule has 2 N–H and O–H groups in total. The van der Waals surface area contributed by atoms with Crippen LogP contribution in [0.3, 0.4) is 0 Å². The lowest BCUT2D eigenvalue weighted by molar-refractivity contribution is 0.269. The van der Waals surface area contributed by atoms with E-state index in [2.05, 4.69) is 5.32 Å². The molecule has 15 heavy (non-hydrogen) atoms. The van der Waals surface area contributed by atoms with Crippen LogP contribution in [0.2, 0.25) is 0 Å². The van der Waals surface area contributed by atoms with Gasteiger partial charge in [0.15, 0.2) is 9.84 Å². The van der Waals surface area contributed by atoms with Crippen molar-refractivity contribution < 1.29 is 13.5 Å². The topological polar surface area (TPSA) is 66.4 Å². The van der Waals surface area contributed by atoms with Gasteiger partial charge in [0.2, 0.25) is 0 Å². The van der Waals surface area contributed by atoms with E-state index in [1.807, 2.05) is 6.92 Å². The van der Waals surface area contributed by atoms with E-state index in [4.69, 9.17) is 5.11 Å². The number of aliphatic hydroxyl groups is 1. The zero-order valence-electron chi connectivity index (χ0n) is 9.86. The Balaban J connectivity index is 4.27. The number of nitrogens with one attached hydrogen (secondary N) is 1. The fourth-order valence-electron chi connectivity index (χ4n) is 1.22. The Morgan fingerprint density at radius 1 is 1.33 bits per heavy atom. The zero-order valence-corrected chi connectivity index (χ0v) is 10.7. The van der Waals surface area contributed by atoms with Crippen LogP contribution in [0.4, 0.5) is 0 Å². The Bertz CT molecular complexity index is 249. The highest BCUT2D eigenvalue weighted by atomic mass is 32.2. The third-order valence-electron chi connectivity index (χ3n) is 2.31. The first kappa shape index (κ1) is 14.9. The summed E-state index contributed by atoms with van der Waals surface area (Å²) >= 11 is 0. The van der Waals surface area contributed by atoms with Gasteiger partial charge in [-0.2, -0.15) is 0 Å². The molecular weight excluding hydrogens is 214 g/mol. The molecule has 4 nitrogen and oxygen atoms in total. The molecule has 0 fully saturated rings. The van der Waals surface area contributed by atoms with Gasteiger partial charge in [-0.15, -0.1) is 0 Å². The van der Waals surface area contributed by atoms with E-state index in [-0.39, 0.29) is 23.7 Å². The van der Waals surface area contributed by atoms with Crippen LogP contribution in [-0.2, 0) is 9.84 Å². The van der Waals surface area contributed by atoms with Crippen LogP contribution < -0.4 is 5.32 Å². The summed E-state index contributed by atoms with van der Waals surface area (Å²) in [6.45, 7) is 6.21. The molecule has 0 bridgehead atoms. The molecule has 1 unspecified atom stereocenters. The number of rotatable bonds is 8. The van der Waals surface area contributed by atoms with Gasteiger partial charge in [-0.05, 0) is 33.2 Å². The van der Waals surface area contributed by atoms with Crippen molar-refractivity contribution in [2.75, 3.05) is 18.9 Å². The average molecular weight is 237 g/mol. The minimum Gasteiger partial charge on any atom is -0.396 e. The monoisotopic (exact) mass is 237 g/mol. The molecule has 0 aliphatic rings. The molecule has 0 amide bonds. The predicted molar refractivity (Wildman–Crippen MR) is 62.7 cm³/mol. The van der Waals surface area contributed by atoms with Crippen LogP contribution in [0.5, 0.6) is 0 Å². The molecule has 0 aromatic rings. The van der Waals surface area contributed by atoms with E-state index < -0.39 is 9.84 Å². The molecule has 0 saturated carbocycles. The van der Waals surface area contributed by atoms with Crippen molar-refractivity contribution in [1.82, 2.24) is 5.32 Å². The first-order valence-corrected chi connectivity index (χ1v) is 7.21. The van der Waals surface area contributed by atoms with E-state index in [0.717, 1.165) is 13.0 Å². The van der Waals surface area contributed by atoms with Crippen molar-refractivity contribution in [3.05, 3.63) is 0 Å². The summed E-state index contributed by atoms with van der Waals surface area (Å²) in [7, 11) is -3.02. The van der Waals surface area contributed by atoms with Crippen LogP contribution in [0.1, 0.15) is 33.6 Å². The Morgan fingerprint density at radius 2 is 1.93 bits per heavy atom. The smallest absolute Gasteiger partial charge is 0.154 e. The van der Waals surface area contributed by atoms with Crippen LogP contribution in [0.15, 0.2) is 0 Å². The highest BCUT2D eigenvalue weighted by Crippen LogP contribution is 2.05. The van der Waals surface area contributed by atoms with Gasteiger partial charge < -0.3 is 10.4 Å². The standard InChI is InChI=1S/C10H23NO3S/c1-4-6-11-10(5-7-12)8-15(13,14)9(2)3/h9-12H,4-8H2,1-3H3. The molecule has 1 atom stereocenters. The molecule has 0 aliphatic heterocycles. The maximum absolute atomic E-state index is 11.7. The summed E-state index contributed by atoms with van der Waals surface area (Å²) < 4.78 is 23.3. The van der Waals surface area contributed by atoms with Gasteiger partial charge in [-0.3, -0.25) is 0 Å². The molecular formula is C10H23NO3S. The second kappa shape index (κ2) is 7.19. The molecule has 0 radical (unpaired) electrons. The van der Waals surface area contributed by atoms with E-state index in [0.29, 0.717) is 6.42 Å². The third-order valence-corrected chi connectivity index (χ3v) is 4.62. The maximum atomic E-state index is 11.7. The highest BCUT2D eigenvalue weighted by molar-refractivity contribution is 7.92. The largest absolute Gasteiger partial charge is 0.396 e. The van der Waals surface area contributed by atoms with Crippen molar-refractivity contribution in [3.8, 4) is 0 Å². The number of hydrogen-bond acceptors (Lipinski definition) is 4. The van der Waals surface area contributed by atoms with Crippen LogP contribution in [0.25, 0.3) is 0 Å². The second-order valence-electron chi connectivity index (χ2n) is 4.04. The molecule has 0 spiro atoms. The Kier molecular flexibility index (Phi) is 7.13. The van der Waals surface area contributed by atoms with Gasteiger partial charge in [-0.1, -0.05) is 6.92 Å². The lowest BCUT2D eigenvalue weighted by atomic mass is 10.2. The van der Waals surface area contributed by atoms with E-state index in [1.54, 1.807) is 13.8 Å². The van der Waals surface area contributed by atoms with Gasteiger partial charge >= 0.3 is 0 Å². The second-order valence-corrected chi connectivity index (χ2v) is 6.64. The summed E-state index contributed by atoms with van der Waals surface area (Å²) in [5.41, 5.74) is 0.